The SMILES string of the molecule is Cc1ccc(S(=O)(=O)Nc2ccnc(Cl)n2)cc1. The van der Waals surface area contributed by atoms with Gasteiger partial charge in [-0.05, 0) is 36.7 Å². The molecule has 0 atom stereocenters. The molecule has 94 valence electrons. The molecule has 0 aliphatic heterocycles. The zero-order valence-electron chi connectivity index (χ0n) is 9.46. The van der Waals surface area contributed by atoms with E-state index in [0.29, 0.717) is 0 Å². The zero-order chi connectivity index (χ0) is 13.2. The van der Waals surface area contributed by atoms with Crippen LogP contribution in [-0.2, 0) is 10.0 Å². The predicted octanol–water partition coefficient (Wildman–Crippen LogP) is 2.24. The second-order valence-electron chi connectivity index (χ2n) is 3.63. The van der Waals surface area contributed by atoms with Gasteiger partial charge in [0, 0.05) is 6.20 Å². The average molecular weight is 284 g/mol. The van der Waals surface area contributed by atoms with Gasteiger partial charge in [-0.3, -0.25) is 4.72 Å². The molecule has 0 fully saturated rings. The summed E-state index contributed by atoms with van der Waals surface area (Å²) < 4.78 is 26.4. The topological polar surface area (TPSA) is 72.0 Å². The standard InChI is InChI=1S/C11H10ClN3O2S/c1-8-2-4-9(5-3-8)18(16,17)15-10-6-7-13-11(12)14-10/h2-7H,1H3,(H,13,14,15). The summed E-state index contributed by atoms with van der Waals surface area (Å²) in [5.74, 6) is 0.135. The van der Waals surface area contributed by atoms with Gasteiger partial charge in [0.1, 0.15) is 5.82 Å². The van der Waals surface area contributed by atoms with Crippen molar-refractivity contribution in [1.82, 2.24) is 9.97 Å². The largest absolute Gasteiger partial charge is 0.263 e. The first kappa shape index (κ1) is 12.8. The highest BCUT2D eigenvalue weighted by atomic mass is 35.5. The molecular weight excluding hydrogens is 274 g/mol. The number of sulfonamides is 1. The van der Waals surface area contributed by atoms with Crippen molar-refractivity contribution in [2.45, 2.75) is 11.8 Å². The first-order valence-corrected chi connectivity index (χ1v) is 6.91. The van der Waals surface area contributed by atoms with E-state index in [0.717, 1.165) is 5.56 Å². The van der Waals surface area contributed by atoms with Crippen LogP contribution in [0.4, 0.5) is 5.82 Å². The number of anilines is 1. The first-order valence-electron chi connectivity index (χ1n) is 5.05. The number of aryl methyl sites for hydroxylation is 1. The summed E-state index contributed by atoms with van der Waals surface area (Å²) in [6.07, 6.45) is 1.38. The minimum atomic E-state index is -3.65. The Kier molecular flexibility index (Phi) is 3.49. The summed E-state index contributed by atoms with van der Waals surface area (Å²) in [6.45, 7) is 1.88. The molecule has 1 N–H and O–H groups in total. The minimum absolute atomic E-state index is 0.0147. The van der Waals surface area contributed by atoms with Gasteiger partial charge in [-0.25, -0.2) is 13.4 Å². The molecule has 1 heterocycles. The van der Waals surface area contributed by atoms with E-state index in [9.17, 15) is 8.42 Å². The predicted molar refractivity (Wildman–Crippen MR) is 69.0 cm³/mol. The van der Waals surface area contributed by atoms with E-state index < -0.39 is 10.0 Å². The maximum atomic E-state index is 12.0. The molecule has 0 spiro atoms. The first-order chi connectivity index (χ1) is 8.47. The zero-order valence-corrected chi connectivity index (χ0v) is 11.0. The third-order valence-electron chi connectivity index (χ3n) is 2.20. The van der Waals surface area contributed by atoms with E-state index in [2.05, 4.69) is 14.7 Å². The molecule has 0 radical (unpaired) electrons. The fourth-order valence-electron chi connectivity index (χ4n) is 1.31. The maximum absolute atomic E-state index is 12.0. The van der Waals surface area contributed by atoms with E-state index in [1.54, 1.807) is 12.1 Å². The van der Waals surface area contributed by atoms with Crippen molar-refractivity contribution in [3.63, 3.8) is 0 Å². The molecule has 0 saturated carbocycles. The van der Waals surface area contributed by atoms with Crippen LogP contribution in [0.2, 0.25) is 5.28 Å². The summed E-state index contributed by atoms with van der Waals surface area (Å²) in [5, 5.41) is -0.0147. The Morgan fingerprint density at radius 1 is 1.17 bits per heavy atom. The highest BCUT2D eigenvalue weighted by Gasteiger charge is 2.14. The van der Waals surface area contributed by atoms with Crippen molar-refractivity contribution in [3.05, 3.63) is 47.4 Å². The van der Waals surface area contributed by atoms with Crippen molar-refractivity contribution in [3.8, 4) is 0 Å². The molecular formula is C11H10ClN3O2S. The molecule has 0 amide bonds. The molecule has 0 bridgehead atoms. The molecule has 0 unspecified atom stereocenters. The Morgan fingerprint density at radius 3 is 2.44 bits per heavy atom. The molecule has 0 aliphatic rings. The summed E-state index contributed by atoms with van der Waals surface area (Å²) in [7, 11) is -3.65. The molecule has 1 aromatic heterocycles. The van der Waals surface area contributed by atoms with Crippen LogP contribution in [0.1, 0.15) is 5.56 Å². The van der Waals surface area contributed by atoms with E-state index in [1.165, 1.54) is 24.4 Å². The van der Waals surface area contributed by atoms with Crippen molar-refractivity contribution < 1.29 is 8.42 Å². The summed E-state index contributed by atoms with van der Waals surface area (Å²) in [4.78, 5) is 7.61. The van der Waals surface area contributed by atoms with Crippen molar-refractivity contribution in [2.75, 3.05) is 4.72 Å². The van der Waals surface area contributed by atoms with Crippen LogP contribution in [0.3, 0.4) is 0 Å². The van der Waals surface area contributed by atoms with Crippen LogP contribution in [0, 0.1) is 6.92 Å². The van der Waals surface area contributed by atoms with Gasteiger partial charge in [-0.2, -0.15) is 4.98 Å². The number of aromatic nitrogens is 2. The smallest absolute Gasteiger partial charge is 0.263 e. The van der Waals surface area contributed by atoms with E-state index in [-0.39, 0.29) is 16.0 Å². The lowest BCUT2D eigenvalue weighted by atomic mass is 10.2. The molecule has 2 rings (SSSR count). The monoisotopic (exact) mass is 283 g/mol. The van der Waals surface area contributed by atoms with Crippen LogP contribution >= 0.6 is 11.6 Å². The average Bonchev–Trinajstić information content (AvgIpc) is 2.29. The molecule has 0 aliphatic carbocycles. The van der Waals surface area contributed by atoms with Crippen LogP contribution in [0.5, 0.6) is 0 Å². The molecule has 1 aromatic carbocycles. The van der Waals surface area contributed by atoms with Gasteiger partial charge in [-0.15, -0.1) is 0 Å². The number of benzene rings is 1. The van der Waals surface area contributed by atoms with Gasteiger partial charge in [0.15, 0.2) is 0 Å². The Labute approximate surface area is 110 Å². The lowest BCUT2D eigenvalue weighted by Crippen LogP contribution is -2.14. The van der Waals surface area contributed by atoms with Gasteiger partial charge in [0.2, 0.25) is 5.28 Å². The van der Waals surface area contributed by atoms with Gasteiger partial charge in [0.05, 0.1) is 4.90 Å². The third-order valence-corrected chi connectivity index (χ3v) is 3.75. The molecule has 5 nitrogen and oxygen atoms in total. The Bertz CT molecular complexity index is 656. The van der Waals surface area contributed by atoms with E-state index >= 15 is 0 Å². The fraction of sp³-hybridized carbons (Fsp3) is 0.0909. The number of nitrogens with zero attached hydrogens (tertiary/aromatic N) is 2. The summed E-state index contributed by atoms with van der Waals surface area (Å²) in [6, 6.07) is 7.93. The maximum Gasteiger partial charge on any atom is 0.263 e. The highest BCUT2D eigenvalue weighted by molar-refractivity contribution is 7.92. The van der Waals surface area contributed by atoms with Crippen LogP contribution in [0.15, 0.2) is 41.4 Å². The van der Waals surface area contributed by atoms with Crippen molar-refractivity contribution in [1.29, 1.82) is 0 Å². The second kappa shape index (κ2) is 4.91. The number of rotatable bonds is 3. The molecule has 18 heavy (non-hydrogen) atoms. The normalized spacial score (nSPS) is 11.2. The fourth-order valence-corrected chi connectivity index (χ4v) is 2.45. The second-order valence-corrected chi connectivity index (χ2v) is 5.65. The van der Waals surface area contributed by atoms with Crippen molar-refractivity contribution in [2.24, 2.45) is 0 Å². The molecule has 0 saturated heterocycles. The van der Waals surface area contributed by atoms with Gasteiger partial charge in [0.25, 0.3) is 10.0 Å². The Balaban J connectivity index is 2.30. The van der Waals surface area contributed by atoms with Gasteiger partial charge < -0.3 is 0 Å². The molecule has 7 heteroatoms. The number of halogens is 1. The van der Waals surface area contributed by atoms with E-state index in [1.807, 2.05) is 6.92 Å². The van der Waals surface area contributed by atoms with Crippen LogP contribution in [0.25, 0.3) is 0 Å². The highest BCUT2D eigenvalue weighted by Crippen LogP contribution is 2.15. The quantitative estimate of drug-likeness (QED) is 0.877. The number of hydrogen-bond donors (Lipinski definition) is 1. The van der Waals surface area contributed by atoms with Crippen molar-refractivity contribution >= 4 is 27.4 Å². The van der Waals surface area contributed by atoms with E-state index in [4.69, 9.17) is 11.6 Å². The summed E-state index contributed by atoms with van der Waals surface area (Å²) >= 11 is 5.58. The summed E-state index contributed by atoms with van der Waals surface area (Å²) in [5.41, 5.74) is 0.985. The third kappa shape index (κ3) is 2.96. The van der Waals surface area contributed by atoms with Gasteiger partial charge in [-0.1, -0.05) is 17.7 Å². The number of nitrogens with one attached hydrogen (secondary N) is 1. The Hall–Kier alpha value is -1.66. The minimum Gasteiger partial charge on any atom is -0.263 e. The van der Waals surface area contributed by atoms with Crippen LogP contribution < -0.4 is 4.72 Å². The van der Waals surface area contributed by atoms with Crippen LogP contribution in [-0.4, -0.2) is 18.4 Å². The van der Waals surface area contributed by atoms with Gasteiger partial charge >= 0.3 is 0 Å². The molecule has 2 aromatic rings. The Morgan fingerprint density at radius 2 is 1.83 bits per heavy atom. The lowest BCUT2D eigenvalue weighted by molar-refractivity contribution is 0.601. The number of hydrogen-bond acceptors (Lipinski definition) is 4. The lowest BCUT2D eigenvalue weighted by Gasteiger charge is -2.07.